The highest BCUT2D eigenvalue weighted by molar-refractivity contribution is 5.75. The third-order valence-corrected chi connectivity index (χ3v) is 3.52. The lowest BCUT2D eigenvalue weighted by molar-refractivity contribution is -0.634. The Kier molecular flexibility index (Phi) is 2.44. The second kappa shape index (κ2) is 3.98. The molecule has 0 radical (unpaired) electrons. The largest absolute Gasteiger partial charge is 0.289 e. The van der Waals surface area contributed by atoms with Gasteiger partial charge in [0.25, 0.3) is 5.82 Å². The summed E-state index contributed by atoms with van der Waals surface area (Å²) in [4.78, 5) is 0. The number of imidazole rings is 1. The van der Waals surface area contributed by atoms with Crippen LogP contribution in [0.25, 0.3) is 22.4 Å². The van der Waals surface area contributed by atoms with Crippen molar-refractivity contribution in [2.75, 3.05) is 0 Å². The lowest BCUT2D eigenvalue weighted by atomic mass is 10.1. The fourth-order valence-electron chi connectivity index (χ4n) is 2.66. The molecule has 2 aromatic carbocycles. The Labute approximate surface area is 107 Å². The SMILES string of the molecule is Cc1cccc(-c2n(C)c3ccccc3[n+]2C)c1. The van der Waals surface area contributed by atoms with E-state index in [0.29, 0.717) is 0 Å². The molecule has 1 aromatic heterocycles. The molecule has 0 aliphatic rings. The highest BCUT2D eigenvalue weighted by atomic mass is 15.1. The molecule has 0 bridgehead atoms. The molecular formula is C16H17N2+. The average molecular weight is 237 g/mol. The van der Waals surface area contributed by atoms with Gasteiger partial charge in [0.15, 0.2) is 11.0 Å². The number of aromatic nitrogens is 2. The van der Waals surface area contributed by atoms with E-state index in [-0.39, 0.29) is 0 Å². The van der Waals surface area contributed by atoms with Crippen molar-refractivity contribution in [3.05, 3.63) is 54.1 Å². The van der Waals surface area contributed by atoms with E-state index in [1.54, 1.807) is 0 Å². The molecule has 0 saturated heterocycles. The van der Waals surface area contributed by atoms with Crippen molar-refractivity contribution in [1.82, 2.24) is 4.57 Å². The van der Waals surface area contributed by atoms with Crippen molar-refractivity contribution >= 4 is 11.0 Å². The zero-order chi connectivity index (χ0) is 12.7. The molecule has 0 spiro atoms. The van der Waals surface area contributed by atoms with Gasteiger partial charge >= 0.3 is 0 Å². The van der Waals surface area contributed by atoms with Crippen LogP contribution in [0.4, 0.5) is 0 Å². The molecule has 18 heavy (non-hydrogen) atoms. The van der Waals surface area contributed by atoms with Crippen LogP contribution < -0.4 is 4.57 Å². The molecule has 90 valence electrons. The van der Waals surface area contributed by atoms with Gasteiger partial charge in [0, 0.05) is 0 Å². The number of hydrogen-bond donors (Lipinski definition) is 0. The van der Waals surface area contributed by atoms with E-state index in [2.05, 4.69) is 78.7 Å². The Bertz CT molecular complexity index is 684. The Morgan fingerprint density at radius 1 is 1.00 bits per heavy atom. The highest BCUT2D eigenvalue weighted by Crippen LogP contribution is 2.22. The molecule has 3 rings (SSSR count). The maximum Gasteiger partial charge on any atom is 0.289 e. The van der Waals surface area contributed by atoms with Crippen LogP contribution in [-0.4, -0.2) is 4.57 Å². The molecule has 0 aliphatic heterocycles. The number of aryl methyl sites for hydroxylation is 3. The summed E-state index contributed by atoms with van der Waals surface area (Å²) in [5, 5.41) is 0. The predicted molar refractivity (Wildman–Crippen MR) is 74.3 cm³/mol. The van der Waals surface area contributed by atoms with E-state index >= 15 is 0 Å². The Morgan fingerprint density at radius 3 is 2.50 bits per heavy atom. The van der Waals surface area contributed by atoms with E-state index in [4.69, 9.17) is 0 Å². The molecule has 2 nitrogen and oxygen atoms in total. The minimum Gasteiger partial charge on any atom is -0.226 e. The fourth-order valence-corrected chi connectivity index (χ4v) is 2.66. The van der Waals surface area contributed by atoms with Crippen molar-refractivity contribution in [1.29, 1.82) is 0 Å². The van der Waals surface area contributed by atoms with Gasteiger partial charge in [0.2, 0.25) is 0 Å². The summed E-state index contributed by atoms with van der Waals surface area (Å²) >= 11 is 0. The molecule has 0 saturated carbocycles. The summed E-state index contributed by atoms with van der Waals surface area (Å²) in [6, 6.07) is 17.1. The summed E-state index contributed by atoms with van der Waals surface area (Å²) in [6.07, 6.45) is 0. The van der Waals surface area contributed by atoms with E-state index in [1.807, 2.05) is 0 Å². The molecule has 3 aromatic rings. The van der Waals surface area contributed by atoms with Gasteiger partial charge in [-0.3, -0.25) is 0 Å². The maximum absolute atomic E-state index is 2.25. The minimum atomic E-state index is 1.24. The summed E-state index contributed by atoms with van der Waals surface area (Å²) in [7, 11) is 4.25. The normalized spacial score (nSPS) is 11.1. The molecule has 0 amide bonds. The Morgan fingerprint density at radius 2 is 1.78 bits per heavy atom. The van der Waals surface area contributed by atoms with Crippen LogP contribution in [0.5, 0.6) is 0 Å². The van der Waals surface area contributed by atoms with Gasteiger partial charge in [0.1, 0.15) is 0 Å². The van der Waals surface area contributed by atoms with Gasteiger partial charge in [-0.25, -0.2) is 9.13 Å². The number of rotatable bonds is 1. The third-order valence-electron chi connectivity index (χ3n) is 3.52. The molecule has 0 fully saturated rings. The maximum atomic E-state index is 2.25. The van der Waals surface area contributed by atoms with Crippen LogP contribution >= 0.6 is 0 Å². The van der Waals surface area contributed by atoms with Crippen molar-refractivity contribution < 1.29 is 4.57 Å². The van der Waals surface area contributed by atoms with Crippen LogP contribution in [0.15, 0.2) is 48.5 Å². The van der Waals surface area contributed by atoms with Crippen molar-refractivity contribution in [2.24, 2.45) is 14.1 Å². The molecule has 0 aliphatic carbocycles. The highest BCUT2D eigenvalue weighted by Gasteiger charge is 2.20. The van der Waals surface area contributed by atoms with E-state index < -0.39 is 0 Å². The summed E-state index contributed by atoms with van der Waals surface area (Å²) < 4.78 is 4.51. The van der Waals surface area contributed by atoms with Crippen LogP contribution in [-0.2, 0) is 14.1 Å². The van der Waals surface area contributed by atoms with E-state index in [0.717, 1.165) is 0 Å². The summed E-state index contributed by atoms with van der Waals surface area (Å²) in [5.74, 6) is 1.24. The van der Waals surface area contributed by atoms with Crippen LogP contribution in [0.1, 0.15) is 5.56 Å². The average Bonchev–Trinajstić information content (AvgIpc) is 2.63. The van der Waals surface area contributed by atoms with Crippen molar-refractivity contribution in [2.45, 2.75) is 6.92 Å². The second-order valence-corrected chi connectivity index (χ2v) is 4.80. The molecule has 0 atom stereocenters. The van der Waals surface area contributed by atoms with E-state index in [9.17, 15) is 0 Å². The monoisotopic (exact) mass is 237 g/mol. The molecule has 1 heterocycles. The quantitative estimate of drug-likeness (QED) is 0.575. The van der Waals surface area contributed by atoms with Gasteiger partial charge in [-0.2, -0.15) is 0 Å². The van der Waals surface area contributed by atoms with Crippen LogP contribution in [0.3, 0.4) is 0 Å². The smallest absolute Gasteiger partial charge is 0.226 e. The number of nitrogens with zero attached hydrogens (tertiary/aromatic N) is 2. The fraction of sp³-hybridized carbons (Fsp3) is 0.188. The Balaban J connectivity index is 2.36. The van der Waals surface area contributed by atoms with Crippen LogP contribution in [0, 0.1) is 6.92 Å². The molecular weight excluding hydrogens is 220 g/mol. The molecule has 0 N–H and O–H groups in total. The minimum absolute atomic E-state index is 1.24. The van der Waals surface area contributed by atoms with Gasteiger partial charge in [-0.15, -0.1) is 0 Å². The molecule has 2 heteroatoms. The number of fused-ring (bicyclic) bond motifs is 1. The topological polar surface area (TPSA) is 8.81 Å². The third kappa shape index (κ3) is 1.53. The first-order valence-corrected chi connectivity index (χ1v) is 6.19. The van der Waals surface area contributed by atoms with Gasteiger partial charge in [0.05, 0.1) is 19.7 Å². The standard InChI is InChI=1S/C16H17N2/c1-12-7-6-8-13(11-12)16-17(2)14-9-4-5-10-15(14)18(16)3/h4-11H,1-3H3/q+1. The summed E-state index contributed by atoms with van der Waals surface area (Å²) in [6.45, 7) is 2.13. The van der Waals surface area contributed by atoms with Gasteiger partial charge in [-0.1, -0.05) is 29.8 Å². The lowest BCUT2D eigenvalue weighted by Gasteiger charge is -2.00. The van der Waals surface area contributed by atoms with Crippen molar-refractivity contribution in [3.8, 4) is 11.4 Å². The first kappa shape index (κ1) is 11.0. The number of benzene rings is 2. The second-order valence-electron chi connectivity index (χ2n) is 4.80. The first-order valence-electron chi connectivity index (χ1n) is 6.19. The van der Waals surface area contributed by atoms with Crippen LogP contribution in [0.2, 0.25) is 0 Å². The van der Waals surface area contributed by atoms with Gasteiger partial charge < -0.3 is 0 Å². The molecule has 0 unspecified atom stereocenters. The Hall–Kier alpha value is -2.09. The van der Waals surface area contributed by atoms with E-state index in [1.165, 1.54) is 28.0 Å². The zero-order valence-electron chi connectivity index (χ0n) is 11.0. The van der Waals surface area contributed by atoms with Crippen molar-refractivity contribution in [3.63, 3.8) is 0 Å². The lowest BCUT2D eigenvalue weighted by Crippen LogP contribution is -2.29. The number of para-hydroxylation sites is 2. The van der Waals surface area contributed by atoms with Gasteiger partial charge in [-0.05, 0) is 31.2 Å². The first-order chi connectivity index (χ1) is 8.68. The summed E-state index contributed by atoms with van der Waals surface area (Å²) in [5.41, 5.74) is 5.07. The predicted octanol–water partition coefficient (Wildman–Crippen LogP) is 2.98. The number of hydrogen-bond acceptors (Lipinski definition) is 0. The zero-order valence-corrected chi connectivity index (χ0v) is 11.0.